The van der Waals surface area contributed by atoms with Crippen molar-refractivity contribution in [2.24, 2.45) is 0 Å². The van der Waals surface area contributed by atoms with Gasteiger partial charge in [-0.25, -0.2) is 0 Å². The van der Waals surface area contributed by atoms with Crippen LogP contribution in [0.5, 0.6) is 0 Å². The lowest BCUT2D eigenvalue weighted by Crippen LogP contribution is -2.13. The molecule has 0 fully saturated rings. The van der Waals surface area contributed by atoms with Crippen molar-refractivity contribution in [2.45, 2.75) is 20.3 Å². The number of anilines is 2. The number of carbonyl (C=O) groups excluding carboxylic acids is 1. The largest absolute Gasteiger partial charge is 0.384 e. The lowest BCUT2D eigenvalue weighted by atomic mass is 10.2. The van der Waals surface area contributed by atoms with E-state index in [4.69, 9.17) is 11.6 Å². The predicted octanol–water partition coefficient (Wildman–Crippen LogP) is 4.12. The molecular weight excluding hydrogens is 286 g/mol. The zero-order valence-electron chi connectivity index (χ0n) is 12.1. The highest BCUT2D eigenvalue weighted by atomic mass is 35.5. The topological polar surface area (TPSA) is 54.0 Å². The summed E-state index contributed by atoms with van der Waals surface area (Å²) in [6, 6.07) is 7.19. The van der Waals surface area contributed by atoms with Gasteiger partial charge in [-0.3, -0.25) is 9.78 Å². The number of benzene rings is 1. The van der Waals surface area contributed by atoms with Gasteiger partial charge in [-0.15, -0.1) is 0 Å². The summed E-state index contributed by atoms with van der Waals surface area (Å²) in [5.41, 5.74) is 3.02. The average molecular weight is 304 g/mol. The summed E-state index contributed by atoms with van der Waals surface area (Å²) < 4.78 is 0. The normalized spacial score (nSPS) is 10.2. The van der Waals surface area contributed by atoms with Gasteiger partial charge < -0.3 is 10.6 Å². The average Bonchev–Trinajstić information content (AvgIpc) is 2.49. The number of carbonyl (C=O) groups is 1. The smallest absolute Gasteiger partial charge is 0.257 e. The molecule has 1 amide bonds. The molecule has 1 heterocycles. The summed E-state index contributed by atoms with van der Waals surface area (Å²) in [6.45, 7) is 4.85. The number of rotatable bonds is 5. The maximum atomic E-state index is 12.3. The van der Waals surface area contributed by atoms with Crippen LogP contribution in [0.3, 0.4) is 0 Å². The van der Waals surface area contributed by atoms with E-state index in [1.54, 1.807) is 30.6 Å². The first kappa shape index (κ1) is 15.3. The lowest BCUT2D eigenvalue weighted by Gasteiger charge is -2.10. The molecule has 0 aliphatic rings. The number of aromatic nitrogens is 1. The molecule has 21 heavy (non-hydrogen) atoms. The summed E-state index contributed by atoms with van der Waals surface area (Å²) in [5.74, 6) is -0.201. The molecule has 0 bridgehead atoms. The number of nitrogens with one attached hydrogen (secondary N) is 2. The fourth-order valence-corrected chi connectivity index (χ4v) is 2.03. The number of hydrogen-bond donors (Lipinski definition) is 2. The number of hydrogen-bond acceptors (Lipinski definition) is 3. The van der Waals surface area contributed by atoms with Gasteiger partial charge in [-0.05, 0) is 37.1 Å². The second kappa shape index (κ2) is 7.09. The molecule has 0 unspecified atom stereocenters. The SMILES string of the molecule is CCCNc1cncc(C(=O)Nc2cc(Cl)ccc2C)c1. The highest BCUT2D eigenvalue weighted by Gasteiger charge is 2.09. The van der Waals surface area contributed by atoms with E-state index in [0.717, 1.165) is 24.2 Å². The molecule has 5 heteroatoms. The Hall–Kier alpha value is -2.07. The minimum absolute atomic E-state index is 0.201. The van der Waals surface area contributed by atoms with Gasteiger partial charge in [0.15, 0.2) is 0 Å². The van der Waals surface area contributed by atoms with Crippen molar-refractivity contribution in [3.8, 4) is 0 Å². The molecule has 0 aliphatic heterocycles. The van der Waals surface area contributed by atoms with E-state index in [-0.39, 0.29) is 5.91 Å². The third-order valence-electron chi connectivity index (χ3n) is 3.03. The van der Waals surface area contributed by atoms with Crippen molar-refractivity contribution in [1.29, 1.82) is 0 Å². The van der Waals surface area contributed by atoms with Crippen LogP contribution in [0.25, 0.3) is 0 Å². The van der Waals surface area contributed by atoms with Crippen molar-refractivity contribution in [1.82, 2.24) is 4.98 Å². The Morgan fingerprint density at radius 2 is 2.10 bits per heavy atom. The van der Waals surface area contributed by atoms with Crippen molar-refractivity contribution in [3.05, 3.63) is 52.8 Å². The van der Waals surface area contributed by atoms with Gasteiger partial charge in [0, 0.05) is 29.6 Å². The molecule has 110 valence electrons. The molecule has 0 saturated heterocycles. The van der Waals surface area contributed by atoms with Crippen molar-refractivity contribution in [2.75, 3.05) is 17.2 Å². The van der Waals surface area contributed by atoms with Crippen LogP contribution in [0.4, 0.5) is 11.4 Å². The molecule has 2 N–H and O–H groups in total. The summed E-state index contributed by atoms with van der Waals surface area (Å²) in [7, 11) is 0. The summed E-state index contributed by atoms with van der Waals surface area (Å²) in [4.78, 5) is 16.4. The highest BCUT2D eigenvalue weighted by molar-refractivity contribution is 6.31. The zero-order chi connectivity index (χ0) is 15.2. The van der Waals surface area contributed by atoms with E-state index in [9.17, 15) is 4.79 Å². The maximum Gasteiger partial charge on any atom is 0.257 e. The fraction of sp³-hybridized carbons (Fsp3) is 0.250. The maximum absolute atomic E-state index is 12.3. The van der Waals surface area contributed by atoms with Crippen LogP contribution in [-0.4, -0.2) is 17.4 Å². The number of aryl methyl sites for hydroxylation is 1. The zero-order valence-corrected chi connectivity index (χ0v) is 12.9. The number of pyridine rings is 1. The van der Waals surface area contributed by atoms with Gasteiger partial charge in [0.05, 0.1) is 11.3 Å². The van der Waals surface area contributed by atoms with Crippen LogP contribution in [0.15, 0.2) is 36.7 Å². The number of halogens is 1. The number of nitrogens with zero attached hydrogens (tertiary/aromatic N) is 1. The lowest BCUT2D eigenvalue weighted by molar-refractivity contribution is 0.102. The van der Waals surface area contributed by atoms with Crippen LogP contribution in [-0.2, 0) is 0 Å². The Bertz CT molecular complexity index is 643. The molecule has 0 aliphatic carbocycles. The molecule has 1 aromatic heterocycles. The van der Waals surface area contributed by atoms with E-state index in [1.807, 2.05) is 13.0 Å². The van der Waals surface area contributed by atoms with Gasteiger partial charge in [-0.1, -0.05) is 24.6 Å². The minimum atomic E-state index is -0.201. The molecule has 2 aromatic rings. The number of amides is 1. The molecule has 2 rings (SSSR count). The fourth-order valence-electron chi connectivity index (χ4n) is 1.85. The van der Waals surface area contributed by atoms with Gasteiger partial charge >= 0.3 is 0 Å². The first-order chi connectivity index (χ1) is 10.1. The molecule has 0 radical (unpaired) electrons. The summed E-state index contributed by atoms with van der Waals surface area (Å²) in [6.07, 6.45) is 4.27. The quantitative estimate of drug-likeness (QED) is 0.873. The molecule has 0 saturated carbocycles. The Balaban J connectivity index is 2.14. The van der Waals surface area contributed by atoms with Crippen LogP contribution in [0.2, 0.25) is 5.02 Å². The highest BCUT2D eigenvalue weighted by Crippen LogP contribution is 2.21. The van der Waals surface area contributed by atoms with Gasteiger partial charge in [-0.2, -0.15) is 0 Å². The van der Waals surface area contributed by atoms with E-state index >= 15 is 0 Å². The van der Waals surface area contributed by atoms with Gasteiger partial charge in [0.1, 0.15) is 0 Å². The van der Waals surface area contributed by atoms with Crippen LogP contribution >= 0.6 is 11.6 Å². The van der Waals surface area contributed by atoms with E-state index < -0.39 is 0 Å². The molecule has 0 atom stereocenters. The summed E-state index contributed by atoms with van der Waals surface area (Å²) in [5, 5.41) is 6.66. The second-order valence-corrected chi connectivity index (χ2v) is 5.24. The van der Waals surface area contributed by atoms with E-state index in [1.165, 1.54) is 0 Å². The Morgan fingerprint density at radius 3 is 2.86 bits per heavy atom. The Morgan fingerprint density at radius 1 is 1.29 bits per heavy atom. The third-order valence-corrected chi connectivity index (χ3v) is 3.26. The van der Waals surface area contributed by atoms with Gasteiger partial charge in [0.25, 0.3) is 5.91 Å². The second-order valence-electron chi connectivity index (χ2n) is 4.80. The molecule has 0 spiro atoms. The summed E-state index contributed by atoms with van der Waals surface area (Å²) >= 11 is 5.96. The predicted molar refractivity (Wildman–Crippen MR) is 87.2 cm³/mol. The van der Waals surface area contributed by atoms with Crippen molar-refractivity contribution >= 4 is 28.9 Å². The standard InChI is InChI=1S/C16H18ClN3O/c1-3-6-19-14-7-12(9-18-10-14)16(21)20-15-8-13(17)5-4-11(15)2/h4-5,7-10,19H,3,6H2,1-2H3,(H,20,21). The monoisotopic (exact) mass is 303 g/mol. The van der Waals surface area contributed by atoms with Gasteiger partial charge in [0.2, 0.25) is 0 Å². The molecule has 4 nitrogen and oxygen atoms in total. The van der Waals surface area contributed by atoms with E-state index in [2.05, 4.69) is 22.5 Å². The van der Waals surface area contributed by atoms with Crippen LogP contribution in [0, 0.1) is 6.92 Å². The Kier molecular flexibility index (Phi) is 5.17. The van der Waals surface area contributed by atoms with Crippen molar-refractivity contribution in [3.63, 3.8) is 0 Å². The first-order valence-electron chi connectivity index (χ1n) is 6.86. The molecular formula is C16H18ClN3O. The third kappa shape index (κ3) is 4.20. The van der Waals surface area contributed by atoms with E-state index in [0.29, 0.717) is 16.3 Å². The molecule has 1 aromatic carbocycles. The minimum Gasteiger partial charge on any atom is -0.384 e. The van der Waals surface area contributed by atoms with Crippen LogP contribution < -0.4 is 10.6 Å². The van der Waals surface area contributed by atoms with Crippen LogP contribution in [0.1, 0.15) is 29.3 Å². The Labute approximate surface area is 129 Å². The first-order valence-corrected chi connectivity index (χ1v) is 7.24. The van der Waals surface area contributed by atoms with Crippen molar-refractivity contribution < 1.29 is 4.79 Å².